The van der Waals surface area contributed by atoms with Gasteiger partial charge in [0.25, 0.3) is 0 Å². The van der Waals surface area contributed by atoms with Gasteiger partial charge in [0.15, 0.2) is 5.96 Å². The zero-order valence-corrected chi connectivity index (χ0v) is 16.7. The number of benzene rings is 1. The van der Waals surface area contributed by atoms with Crippen molar-refractivity contribution in [3.63, 3.8) is 0 Å². The van der Waals surface area contributed by atoms with E-state index >= 15 is 0 Å². The van der Waals surface area contributed by atoms with E-state index in [1.165, 1.54) is 56.4 Å². The quantitative estimate of drug-likeness (QED) is 0.627. The fraction of sp³-hybridized carbons (Fsp3) is 0.682. The van der Waals surface area contributed by atoms with Crippen LogP contribution in [0.1, 0.15) is 43.7 Å². The Labute approximate surface area is 159 Å². The largest absolute Gasteiger partial charge is 0.356 e. The molecule has 1 aromatic rings. The summed E-state index contributed by atoms with van der Waals surface area (Å²) in [6.07, 6.45) is 7.66. The summed E-state index contributed by atoms with van der Waals surface area (Å²) in [7, 11) is 1.91. The molecule has 144 valence electrons. The molecule has 0 aromatic heterocycles. The van der Waals surface area contributed by atoms with Gasteiger partial charge in [-0.15, -0.1) is 0 Å². The second kappa shape index (κ2) is 9.96. The van der Waals surface area contributed by atoms with Crippen LogP contribution >= 0.6 is 0 Å². The van der Waals surface area contributed by atoms with Gasteiger partial charge in [0, 0.05) is 33.2 Å². The maximum Gasteiger partial charge on any atom is 0.193 e. The van der Waals surface area contributed by atoms with Gasteiger partial charge in [-0.1, -0.05) is 37.6 Å². The van der Waals surface area contributed by atoms with E-state index in [0.717, 1.165) is 44.4 Å². The van der Waals surface area contributed by atoms with E-state index < -0.39 is 0 Å². The topological polar surface area (TPSA) is 30.9 Å². The summed E-state index contributed by atoms with van der Waals surface area (Å²) in [5.74, 6) is 1.88. The van der Waals surface area contributed by atoms with Crippen LogP contribution in [-0.4, -0.2) is 62.1 Å². The normalized spacial score (nSPS) is 22.0. The van der Waals surface area contributed by atoms with E-state index in [1.807, 2.05) is 7.05 Å². The van der Waals surface area contributed by atoms with Crippen molar-refractivity contribution >= 4 is 5.96 Å². The van der Waals surface area contributed by atoms with Crippen LogP contribution in [0.4, 0.5) is 0 Å². The van der Waals surface area contributed by atoms with Gasteiger partial charge in [-0.05, 0) is 62.2 Å². The third-order valence-electron chi connectivity index (χ3n) is 5.89. The molecule has 1 atom stereocenters. The van der Waals surface area contributed by atoms with Gasteiger partial charge < -0.3 is 15.1 Å². The Hall–Kier alpha value is -1.55. The maximum atomic E-state index is 4.53. The van der Waals surface area contributed by atoms with Crippen LogP contribution < -0.4 is 5.32 Å². The molecule has 3 rings (SSSR count). The van der Waals surface area contributed by atoms with Crippen molar-refractivity contribution in [3.8, 4) is 0 Å². The van der Waals surface area contributed by atoms with E-state index in [9.17, 15) is 0 Å². The molecule has 2 heterocycles. The molecule has 1 aromatic carbocycles. The fourth-order valence-electron chi connectivity index (χ4n) is 4.27. The van der Waals surface area contributed by atoms with Crippen LogP contribution in [0, 0.1) is 5.92 Å². The van der Waals surface area contributed by atoms with Crippen LogP contribution in [0.3, 0.4) is 0 Å². The van der Waals surface area contributed by atoms with Crippen LogP contribution in [0.15, 0.2) is 29.3 Å². The minimum absolute atomic E-state index is 0.799. The number of aryl methyl sites for hydroxylation is 1. The molecule has 4 heteroatoms. The first-order valence-electron chi connectivity index (χ1n) is 10.5. The Bertz CT molecular complexity index is 560. The van der Waals surface area contributed by atoms with Crippen LogP contribution in [0.5, 0.6) is 0 Å². The summed E-state index contributed by atoms with van der Waals surface area (Å²) in [5.41, 5.74) is 2.81. The molecule has 0 amide bonds. The Morgan fingerprint density at radius 1 is 1.08 bits per heavy atom. The highest BCUT2D eigenvalue weighted by Gasteiger charge is 2.26. The van der Waals surface area contributed by atoms with Crippen molar-refractivity contribution in [1.29, 1.82) is 0 Å². The van der Waals surface area contributed by atoms with Crippen LogP contribution in [0.2, 0.25) is 0 Å². The number of hydrogen-bond donors (Lipinski definition) is 1. The molecular weight excluding hydrogens is 320 g/mol. The molecular formula is C22H36N4. The molecule has 0 bridgehead atoms. The maximum absolute atomic E-state index is 4.53. The van der Waals surface area contributed by atoms with Crippen LogP contribution in [0.25, 0.3) is 0 Å². The van der Waals surface area contributed by atoms with E-state index in [-0.39, 0.29) is 0 Å². The fourth-order valence-corrected chi connectivity index (χ4v) is 4.27. The Kier molecular flexibility index (Phi) is 7.36. The minimum Gasteiger partial charge on any atom is -0.356 e. The number of nitrogens with one attached hydrogen (secondary N) is 1. The average molecular weight is 357 g/mol. The molecule has 4 nitrogen and oxygen atoms in total. The van der Waals surface area contributed by atoms with E-state index in [4.69, 9.17) is 0 Å². The zero-order chi connectivity index (χ0) is 18.2. The van der Waals surface area contributed by atoms with Gasteiger partial charge >= 0.3 is 0 Å². The number of likely N-dealkylation sites (tertiary alicyclic amines) is 2. The average Bonchev–Trinajstić information content (AvgIpc) is 3.15. The number of nitrogens with zero attached hydrogens (tertiary/aromatic N) is 3. The molecule has 0 aliphatic carbocycles. The monoisotopic (exact) mass is 356 g/mol. The summed E-state index contributed by atoms with van der Waals surface area (Å²) in [6.45, 7) is 9.34. The van der Waals surface area contributed by atoms with E-state index in [2.05, 4.69) is 51.3 Å². The number of hydrogen-bond acceptors (Lipinski definition) is 2. The molecule has 2 fully saturated rings. The third-order valence-corrected chi connectivity index (χ3v) is 5.89. The lowest BCUT2D eigenvalue weighted by atomic mass is 10.1. The van der Waals surface area contributed by atoms with Crippen molar-refractivity contribution in [2.24, 2.45) is 10.9 Å². The molecule has 2 aliphatic heterocycles. The number of piperidine rings is 1. The number of rotatable bonds is 6. The first-order valence-corrected chi connectivity index (χ1v) is 10.5. The SMILES string of the molecule is CCc1ccc(CCNC(=NC)N2CCC(CN3CCCCC3)C2)cc1. The first-order chi connectivity index (χ1) is 12.8. The number of guanidine groups is 1. The third kappa shape index (κ3) is 5.47. The van der Waals surface area contributed by atoms with E-state index in [0.29, 0.717) is 0 Å². The van der Waals surface area contributed by atoms with Crippen molar-refractivity contribution in [2.75, 3.05) is 46.3 Å². The predicted octanol–water partition coefficient (Wildman–Crippen LogP) is 3.17. The lowest BCUT2D eigenvalue weighted by Gasteiger charge is -2.29. The zero-order valence-electron chi connectivity index (χ0n) is 16.7. The summed E-state index contributed by atoms with van der Waals surface area (Å²) >= 11 is 0. The predicted molar refractivity (Wildman–Crippen MR) is 111 cm³/mol. The minimum atomic E-state index is 0.799. The Balaban J connectivity index is 1.40. The van der Waals surface area contributed by atoms with Gasteiger partial charge in [-0.25, -0.2) is 0 Å². The van der Waals surface area contributed by atoms with Crippen molar-refractivity contribution < 1.29 is 0 Å². The smallest absolute Gasteiger partial charge is 0.193 e. The summed E-state index contributed by atoms with van der Waals surface area (Å²) in [4.78, 5) is 9.66. The molecule has 0 radical (unpaired) electrons. The molecule has 26 heavy (non-hydrogen) atoms. The summed E-state index contributed by atoms with van der Waals surface area (Å²) in [5, 5.41) is 3.57. The highest BCUT2D eigenvalue weighted by atomic mass is 15.3. The molecule has 0 spiro atoms. The lowest BCUT2D eigenvalue weighted by Crippen LogP contribution is -2.41. The standard InChI is InChI=1S/C22H36N4/c1-3-19-7-9-20(10-8-19)11-13-24-22(23-2)26-16-12-21(18-26)17-25-14-5-4-6-15-25/h7-10,21H,3-6,11-18H2,1-2H3,(H,23,24). The Morgan fingerprint density at radius 2 is 1.81 bits per heavy atom. The summed E-state index contributed by atoms with van der Waals surface area (Å²) < 4.78 is 0. The summed E-state index contributed by atoms with van der Waals surface area (Å²) in [6, 6.07) is 9.01. The van der Waals surface area contributed by atoms with Gasteiger partial charge in [0.1, 0.15) is 0 Å². The van der Waals surface area contributed by atoms with Crippen molar-refractivity contribution in [2.45, 2.75) is 45.4 Å². The number of aliphatic imine (C=N–C) groups is 1. The van der Waals surface area contributed by atoms with Gasteiger partial charge in [-0.3, -0.25) is 4.99 Å². The van der Waals surface area contributed by atoms with Gasteiger partial charge in [0.2, 0.25) is 0 Å². The molecule has 0 saturated carbocycles. The molecule has 1 unspecified atom stereocenters. The second-order valence-corrected chi connectivity index (χ2v) is 7.86. The Morgan fingerprint density at radius 3 is 2.50 bits per heavy atom. The highest BCUT2D eigenvalue weighted by Crippen LogP contribution is 2.19. The molecule has 2 aliphatic rings. The van der Waals surface area contributed by atoms with Gasteiger partial charge in [-0.2, -0.15) is 0 Å². The van der Waals surface area contributed by atoms with Crippen LogP contribution in [-0.2, 0) is 12.8 Å². The first kappa shape index (κ1) is 19.2. The van der Waals surface area contributed by atoms with E-state index in [1.54, 1.807) is 0 Å². The van der Waals surface area contributed by atoms with Crippen molar-refractivity contribution in [1.82, 2.24) is 15.1 Å². The molecule has 1 N–H and O–H groups in total. The highest BCUT2D eigenvalue weighted by molar-refractivity contribution is 5.80. The van der Waals surface area contributed by atoms with Crippen molar-refractivity contribution in [3.05, 3.63) is 35.4 Å². The second-order valence-electron chi connectivity index (χ2n) is 7.86. The molecule has 2 saturated heterocycles. The van der Waals surface area contributed by atoms with Gasteiger partial charge in [0.05, 0.1) is 0 Å². The lowest BCUT2D eigenvalue weighted by molar-refractivity contribution is 0.198.